The molecule has 5 rings (SSSR count). The summed E-state index contributed by atoms with van der Waals surface area (Å²) in [5, 5.41) is 6.35. The van der Waals surface area contributed by atoms with Crippen molar-refractivity contribution >= 4 is 39.8 Å². The number of aromatic nitrogens is 8. The highest BCUT2D eigenvalue weighted by Gasteiger charge is 2.11. The molecule has 0 aliphatic carbocycles. The lowest BCUT2D eigenvalue weighted by Crippen LogP contribution is -2.04. The van der Waals surface area contributed by atoms with Gasteiger partial charge in [-0.3, -0.25) is 0 Å². The molecule has 0 aliphatic heterocycles. The monoisotopic (exact) mass is 358 g/mol. The Morgan fingerprint density at radius 3 is 2.78 bits per heavy atom. The molecule has 10 nitrogen and oxygen atoms in total. The SMILES string of the molecule is c1ccc2[nH]c(CNc3ncnc4nc(Nc5ccncn5)[nH]c34)nc2c1. The molecule has 0 fully saturated rings. The molecule has 0 aliphatic rings. The number of nitrogens with zero attached hydrogens (tertiary/aromatic N) is 6. The van der Waals surface area contributed by atoms with Crippen LogP contribution in [0.1, 0.15) is 5.82 Å². The van der Waals surface area contributed by atoms with Gasteiger partial charge in [-0.05, 0) is 18.2 Å². The number of imidazole rings is 2. The Bertz CT molecular complexity index is 1180. The molecule has 4 N–H and O–H groups in total. The van der Waals surface area contributed by atoms with E-state index in [0.29, 0.717) is 35.3 Å². The number of hydrogen-bond acceptors (Lipinski definition) is 8. The van der Waals surface area contributed by atoms with Gasteiger partial charge in [0.15, 0.2) is 11.5 Å². The molecule has 4 aromatic heterocycles. The number of anilines is 3. The molecule has 0 spiro atoms. The van der Waals surface area contributed by atoms with Crippen LogP contribution in [0.25, 0.3) is 22.2 Å². The van der Waals surface area contributed by atoms with Crippen LogP contribution in [0.4, 0.5) is 17.6 Å². The van der Waals surface area contributed by atoms with Crippen molar-refractivity contribution in [1.82, 2.24) is 39.9 Å². The molecule has 4 heterocycles. The fourth-order valence-corrected chi connectivity index (χ4v) is 2.76. The van der Waals surface area contributed by atoms with Crippen LogP contribution in [0.5, 0.6) is 0 Å². The lowest BCUT2D eigenvalue weighted by molar-refractivity contribution is 0.996. The standard InChI is InChI=1S/C17H14N10/c1-2-4-11-10(3-1)23-13(24-11)7-19-15-14-16(22-9-21-15)27-17(26-14)25-12-5-6-18-8-20-12/h1-6,8-9H,7H2,(H,23,24)(H3,18,19,20,21,22,25,26,27). The molecule has 10 heteroatoms. The molecule has 0 radical (unpaired) electrons. The van der Waals surface area contributed by atoms with Gasteiger partial charge >= 0.3 is 0 Å². The number of nitrogens with one attached hydrogen (secondary N) is 4. The lowest BCUT2D eigenvalue weighted by atomic mass is 10.3. The quantitative estimate of drug-likeness (QED) is 0.376. The van der Waals surface area contributed by atoms with E-state index in [-0.39, 0.29) is 0 Å². The van der Waals surface area contributed by atoms with Crippen molar-refractivity contribution in [2.45, 2.75) is 6.54 Å². The summed E-state index contributed by atoms with van der Waals surface area (Å²) in [5.74, 6) is 2.62. The second kappa shape index (κ2) is 6.33. The third kappa shape index (κ3) is 2.99. The number of H-pyrrole nitrogens is 2. The fraction of sp³-hybridized carbons (Fsp3) is 0.0588. The fourth-order valence-electron chi connectivity index (χ4n) is 2.76. The van der Waals surface area contributed by atoms with E-state index >= 15 is 0 Å². The first-order valence-electron chi connectivity index (χ1n) is 8.26. The van der Waals surface area contributed by atoms with Gasteiger partial charge in [0.2, 0.25) is 5.95 Å². The van der Waals surface area contributed by atoms with Crippen molar-refractivity contribution in [1.29, 1.82) is 0 Å². The van der Waals surface area contributed by atoms with Crippen molar-refractivity contribution < 1.29 is 0 Å². The predicted octanol–water partition coefficient (Wildman–Crippen LogP) is 2.37. The Balaban J connectivity index is 1.39. The normalized spacial score (nSPS) is 11.1. The van der Waals surface area contributed by atoms with E-state index in [9.17, 15) is 0 Å². The third-order valence-electron chi connectivity index (χ3n) is 3.98. The molecule has 5 aromatic rings. The minimum absolute atomic E-state index is 0.495. The van der Waals surface area contributed by atoms with E-state index in [2.05, 4.69) is 50.5 Å². The number of para-hydroxylation sites is 2. The van der Waals surface area contributed by atoms with Crippen molar-refractivity contribution in [3.8, 4) is 0 Å². The van der Waals surface area contributed by atoms with Gasteiger partial charge in [0, 0.05) is 6.20 Å². The van der Waals surface area contributed by atoms with Crippen molar-refractivity contribution in [2.75, 3.05) is 10.6 Å². The van der Waals surface area contributed by atoms with Gasteiger partial charge in [-0.2, -0.15) is 4.98 Å². The summed E-state index contributed by atoms with van der Waals surface area (Å²) in [7, 11) is 0. The summed E-state index contributed by atoms with van der Waals surface area (Å²) in [6, 6.07) is 9.65. The molecule has 0 bridgehead atoms. The Morgan fingerprint density at radius 2 is 1.89 bits per heavy atom. The van der Waals surface area contributed by atoms with Crippen LogP contribution in [0.15, 0.2) is 49.2 Å². The molecule has 27 heavy (non-hydrogen) atoms. The number of hydrogen-bond donors (Lipinski definition) is 4. The maximum atomic E-state index is 4.56. The Hall–Kier alpha value is -4.08. The van der Waals surface area contributed by atoms with E-state index in [1.165, 1.54) is 12.7 Å². The van der Waals surface area contributed by atoms with E-state index in [4.69, 9.17) is 0 Å². The average molecular weight is 358 g/mol. The van der Waals surface area contributed by atoms with E-state index in [1.807, 2.05) is 24.3 Å². The van der Waals surface area contributed by atoms with Crippen LogP contribution in [0.2, 0.25) is 0 Å². The van der Waals surface area contributed by atoms with Gasteiger partial charge < -0.3 is 20.6 Å². The highest BCUT2D eigenvalue weighted by atomic mass is 15.2. The zero-order chi connectivity index (χ0) is 18.1. The minimum atomic E-state index is 0.495. The summed E-state index contributed by atoms with van der Waals surface area (Å²) in [6.07, 6.45) is 4.59. The molecular weight excluding hydrogens is 344 g/mol. The maximum absolute atomic E-state index is 4.56. The van der Waals surface area contributed by atoms with Crippen molar-refractivity contribution in [3.63, 3.8) is 0 Å². The molecule has 0 unspecified atom stereocenters. The molecule has 0 saturated carbocycles. The van der Waals surface area contributed by atoms with Crippen LogP contribution in [-0.2, 0) is 6.54 Å². The Morgan fingerprint density at radius 1 is 0.926 bits per heavy atom. The Labute approximate surface area is 152 Å². The summed E-state index contributed by atoms with van der Waals surface area (Å²) in [5.41, 5.74) is 3.18. The summed E-state index contributed by atoms with van der Waals surface area (Å²) in [6.45, 7) is 0.495. The second-order valence-corrected chi connectivity index (χ2v) is 5.78. The smallest absolute Gasteiger partial charge is 0.208 e. The van der Waals surface area contributed by atoms with Gasteiger partial charge in [0.05, 0.1) is 17.6 Å². The van der Waals surface area contributed by atoms with Crippen LogP contribution >= 0.6 is 0 Å². The predicted molar refractivity (Wildman–Crippen MR) is 100 cm³/mol. The first-order valence-corrected chi connectivity index (χ1v) is 8.26. The average Bonchev–Trinajstić information content (AvgIpc) is 3.30. The number of benzene rings is 1. The summed E-state index contributed by atoms with van der Waals surface area (Å²) in [4.78, 5) is 31.9. The van der Waals surface area contributed by atoms with Gasteiger partial charge in [0.1, 0.15) is 29.8 Å². The van der Waals surface area contributed by atoms with E-state index in [1.54, 1.807) is 12.3 Å². The zero-order valence-electron chi connectivity index (χ0n) is 14.0. The summed E-state index contributed by atoms with van der Waals surface area (Å²) < 4.78 is 0. The van der Waals surface area contributed by atoms with E-state index in [0.717, 1.165) is 16.9 Å². The van der Waals surface area contributed by atoms with Crippen molar-refractivity contribution in [3.05, 3.63) is 55.0 Å². The summed E-state index contributed by atoms with van der Waals surface area (Å²) >= 11 is 0. The van der Waals surface area contributed by atoms with Gasteiger partial charge in [0.25, 0.3) is 0 Å². The second-order valence-electron chi connectivity index (χ2n) is 5.78. The van der Waals surface area contributed by atoms with Crippen LogP contribution in [0, 0.1) is 0 Å². The first kappa shape index (κ1) is 15.2. The molecule has 0 saturated heterocycles. The number of rotatable bonds is 5. The molecule has 132 valence electrons. The van der Waals surface area contributed by atoms with Gasteiger partial charge in [-0.1, -0.05) is 12.1 Å². The number of aromatic amines is 2. The van der Waals surface area contributed by atoms with Crippen LogP contribution < -0.4 is 10.6 Å². The zero-order valence-corrected chi connectivity index (χ0v) is 14.0. The number of fused-ring (bicyclic) bond motifs is 2. The Kier molecular flexibility index (Phi) is 3.56. The lowest BCUT2D eigenvalue weighted by Gasteiger charge is -2.03. The van der Waals surface area contributed by atoms with Gasteiger partial charge in [-0.25, -0.2) is 24.9 Å². The highest BCUT2D eigenvalue weighted by molar-refractivity contribution is 5.84. The van der Waals surface area contributed by atoms with Crippen molar-refractivity contribution in [2.24, 2.45) is 0 Å². The molecule has 0 amide bonds. The van der Waals surface area contributed by atoms with Crippen LogP contribution in [-0.4, -0.2) is 39.9 Å². The largest absolute Gasteiger partial charge is 0.361 e. The minimum Gasteiger partial charge on any atom is -0.361 e. The highest BCUT2D eigenvalue weighted by Crippen LogP contribution is 2.21. The molecule has 1 aromatic carbocycles. The van der Waals surface area contributed by atoms with Gasteiger partial charge in [-0.15, -0.1) is 0 Å². The van der Waals surface area contributed by atoms with Crippen LogP contribution in [0.3, 0.4) is 0 Å². The molecule has 0 atom stereocenters. The third-order valence-corrected chi connectivity index (χ3v) is 3.98. The van der Waals surface area contributed by atoms with E-state index < -0.39 is 0 Å². The molecular formula is C17H14N10. The topological polar surface area (TPSA) is 133 Å². The maximum Gasteiger partial charge on any atom is 0.208 e. The first-order chi connectivity index (χ1) is 13.3.